The van der Waals surface area contributed by atoms with Gasteiger partial charge in [-0.1, -0.05) is 32.0 Å². The summed E-state index contributed by atoms with van der Waals surface area (Å²) >= 11 is 0. The van der Waals surface area contributed by atoms with E-state index < -0.39 is 0 Å². The summed E-state index contributed by atoms with van der Waals surface area (Å²) in [5.74, 6) is 0.563. The Bertz CT molecular complexity index is 995. The highest BCUT2D eigenvalue weighted by Gasteiger charge is 2.23. The van der Waals surface area contributed by atoms with Gasteiger partial charge in [0, 0.05) is 43.3 Å². The number of piperidine rings is 1. The molecular formula is C27H36N4O3. The highest BCUT2D eigenvalue weighted by atomic mass is 16.5. The molecule has 0 aliphatic carbocycles. The monoisotopic (exact) mass is 464 g/mol. The molecule has 34 heavy (non-hydrogen) atoms. The standard InChI is InChI=1S/C27H36N4O3/c1-3-20-7-4-5-9-24(20)30-27(33)29-21-10-11-25(31-14-12-19(2)13-15-31)23(17-21)26(32)28-18-22-8-6-16-34-22/h4-5,7,9-11,17,19,22H,3,6,8,12-16,18H2,1-2H3,(H,28,32)(H2,29,30,33). The zero-order valence-corrected chi connectivity index (χ0v) is 20.2. The number of carbonyl (C=O) groups excluding carboxylic acids is 2. The second kappa shape index (κ2) is 11.4. The lowest BCUT2D eigenvalue weighted by molar-refractivity contribution is 0.0858. The molecule has 1 atom stereocenters. The van der Waals surface area contributed by atoms with Crippen molar-refractivity contribution in [3.05, 3.63) is 53.6 Å². The van der Waals surface area contributed by atoms with Crippen molar-refractivity contribution < 1.29 is 14.3 Å². The number of hydrogen-bond acceptors (Lipinski definition) is 4. The van der Waals surface area contributed by atoms with Gasteiger partial charge in [0.25, 0.3) is 5.91 Å². The molecule has 0 saturated carbocycles. The summed E-state index contributed by atoms with van der Waals surface area (Å²) in [7, 11) is 0. The van der Waals surface area contributed by atoms with Crippen molar-refractivity contribution in [2.75, 3.05) is 41.8 Å². The van der Waals surface area contributed by atoms with Gasteiger partial charge in [0.1, 0.15) is 0 Å². The van der Waals surface area contributed by atoms with Crippen molar-refractivity contribution >= 4 is 29.0 Å². The van der Waals surface area contributed by atoms with Crippen LogP contribution in [-0.4, -0.2) is 44.3 Å². The second-order valence-corrected chi connectivity index (χ2v) is 9.34. The van der Waals surface area contributed by atoms with Gasteiger partial charge >= 0.3 is 6.03 Å². The van der Waals surface area contributed by atoms with Crippen LogP contribution in [0.1, 0.15) is 55.5 Å². The summed E-state index contributed by atoms with van der Waals surface area (Å²) in [6.07, 6.45) is 5.13. The molecule has 0 radical (unpaired) electrons. The predicted octanol–water partition coefficient (Wildman–Crippen LogP) is 5.04. The Labute approximate surface area is 202 Å². The molecule has 4 rings (SSSR count). The number of para-hydroxylation sites is 1. The third-order valence-electron chi connectivity index (χ3n) is 6.78. The molecule has 0 spiro atoms. The summed E-state index contributed by atoms with van der Waals surface area (Å²) in [5.41, 5.74) is 3.94. The molecule has 7 nitrogen and oxygen atoms in total. The molecule has 2 aliphatic rings. The van der Waals surface area contributed by atoms with Gasteiger partial charge in [-0.3, -0.25) is 4.79 Å². The Morgan fingerprint density at radius 2 is 1.85 bits per heavy atom. The fourth-order valence-corrected chi connectivity index (χ4v) is 4.66. The van der Waals surface area contributed by atoms with E-state index in [2.05, 4.69) is 34.7 Å². The summed E-state index contributed by atoms with van der Waals surface area (Å²) < 4.78 is 5.66. The van der Waals surface area contributed by atoms with E-state index in [1.54, 1.807) is 6.07 Å². The summed E-state index contributed by atoms with van der Waals surface area (Å²) in [5, 5.41) is 8.87. The number of carbonyl (C=O) groups is 2. The number of aryl methyl sites for hydroxylation is 1. The van der Waals surface area contributed by atoms with E-state index in [9.17, 15) is 9.59 Å². The first-order valence-corrected chi connectivity index (χ1v) is 12.5. The Kier molecular flexibility index (Phi) is 8.06. The largest absolute Gasteiger partial charge is 0.376 e. The van der Waals surface area contributed by atoms with E-state index in [1.165, 1.54) is 0 Å². The van der Waals surface area contributed by atoms with Crippen LogP contribution in [0.2, 0.25) is 0 Å². The van der Waals surface area contributed by atoms with Crippen LogP contribution in [-0.2, 0) is 11.2 Å². The number of rotatable bonds is 7. The fraction of sp³-hybridized carbons (Fsp3) is 0.481. The molecule has 2 aromatic carbocycles. The molecule has 0 bridgehead atoms. The van der Waals surface area contributed by atoms with Gasteiger partial charge in [-0.2, -0.15) is 0 Å². The number of urea groups is 1. The number of nitrogens with one attached hydrogen (secondary N) is 3. The SMILES string of the molecule is CCc1ccccc1NC(=O)Nc1ccc(N2CCC(C)CC2)c(C(=O)NCC2CCCO2)c1. The van der Waals surface area contributed by atoms with Crippen LogP contribution in [0.3, 0.4) is 0 Å². The first kappa shape index (κ1) is 24.1. The van der Waals surface area contributed by atoms with Gasteiger partial charge in [0.05, 0.1) is 11.7 Å². The Morgan fingerprint density at radius 1 is 1.06 bits per heavy atom. The van der Waals surface area contributed by atoms with E-state index in [-0.39, 0.29) is 18.0 Å². The number of anilines is 3. The summed E-state index contributed by atoms with van der Waals surface area (Å²) in [6.45, 7) is 7.44. The maximum atomic E-state index is 13.2. The van der Waals surface area contributed by atoms with Crippen LogP contribution >= 0.6 is 0 Å². The second-order valence-electron chi connectivity index (χ2n) is 9.34. The van der Waals surface area contributed by atoms with Gasteiger partial charge in [-0.05, 0) is 67.9 Å². The first-order chi connectivity index (χ1) is 16.5. The fourth-order valence-electron chi connectivity index (χ4n) is 4.66. The number of ether oxygens (including phenoxy) is 1. The highest BCUT2D eigenvalue weighted by molar-refractivity contribution is 6.04. The highest BCUT2D eigenvalue weighted by Crippen LogP contribution is 2.29. The molecule has 3 N–H and O–H groups in total. The lowest BCUT2D eigenvalue weighted by Gasteiger charge is -2.33. The molecule has 2 heterocycles. The number of nitrogens with zero attached hydrogens (tertiary/aromatic N) is 1. The van der Waals surface area contributed by atoms with Crippen molar-refractivity contribution in [3.8, 4) is 0 Å². The Hall–Kier alpha value is -3.06. The van der Waals surface area contributed by atoms with Crippen molar-refractivity contribution in [3.63, 3.8) is 0 Å². The molecular weight excluding hydrogens is 428 g/mol. The molecule has 182 valence electrons. The van der Waals surface area contributed by atoms with Crippen molar-refractivity contribution in [1.82, 2.24) is 5.32 Å². The minimum absolute atomic E-state index is 0.0777. The van der Waals surface area contributed by atoms with Gasteiger partial charge < -0.3 is 25.6 Å². The van der Waals surface area contributed by atoms with Crippen molar-refractivity contribution in [2.45, 2.75) is 52.1 Å². The van der Waals surface area contributed by atoms with E-state index in [0.717, 1.165) is 68.7 Å². The average Bonchev–Trinajstić information content (AvgIpc) is 3.37. The third-order valence-corrected chi connectivity index (χ3v) is 6.78. The zero-order chi connectivity index (χ0) is 23.9. The number of hydrogen-bond donors (Lipinski definition) is 3. The topological polar surface area (TPSA) is 82.7 Å². The van der Waals surface area contributed by atoms with Gasteiger partial charge in [-0.25, -0.2) is 4.79 Å². The minimum atomic E-state index is -0.328. The number of amides is 3. The molecule has 7 heteroatoms. The van der Waals surface area contributed by atoms with Gasteiger partial charge in [0.2, 0.25) is 0 Å². The molecule has 2 aliphatic heterocycles. The van der Waals surface area contributed by atoms with E-state index in [4.69, 9.17) is 4.74 Å². The molecule has 1 unspecified atom stereocenters. The maximum absolute atomic E-state index is 13.2. The van der Waals surface area contributed by atoms with E-state index in [1.807, 2.05) is 36.4 Å². The first-order valence-electron chi connectivity index (χ1n) is 12.5. The quantitative estimate of drug-likeness (QED) is 0.536. The summed E-state index contributed by atoms with van der Waals surface area (Å²) in [6, 6.07) is 13.0. The Morgan fingerprint density at radius 3 is 2.59 bits per heavy atom. The van der Waals surface area contributed by atoms with Crippen LogP contribution < -0.4 is 20.9 Å². The molecule has 0 aromatic heterocycles. The smallest absolute Gasteiger partial charge is 0.323 e. The van der Waals surface area contributed by atoms with Crippen LogP contribution in [0, 0.1) is 5.92 Å². The lowest BCUT2D eigenvalue weighted by atomic mass is 9.97. The van der Waals surface area contributed by atoms with Crippen molar-refractivity contribution in [1.29, 1.82) is 0 Å². The minimum Gasteiger partial charge on any atom is -0.376 e. The van der Waals surface area contributed by atoms with Crippen LogP contribution in [0.25, 0.3) is 0 Å². The molecule has 2 saturated heterocycles. The van der Waals surface area contributed by atoms with E-state index >= 15 is 0 Å². The molecule has 3 amide bonds. The van der Waals surface area contributed by atoms with Crippen molar-refractivity contribution in [2.24, 2.45) is 5.92 Å². The predicted molar refractivity (Wildman–Crippen MR) is 137 cm³/mol. The van der Waals surface area contributed by atoms with Crippen LogP contribution in [0.5, 0.6) is 0 Å². The van der Waals surface area contributed by atoms with E-state index in [0.29, 0.717) is 23.7 Å². The lowest BCUT2D eigenvalue weighted by Crippen LogP contribution is -2.36. The molecule has 2 aromatic rings. The van der Waals surface area contributed by atoms with Gasteiger partial charge in [0.15, 0.2) is 0 Å². The molecule has 2 fully saturated rings. The van der Waals surface area contributed by atoms with Crippen LogP contribution in [0.4, 0.5) is 21.9 Å². The van der Waals surface area contributed by atoms with Crippen LogP contribution in [0.15, 0.2) is 42.5 Å². The maximum Gasteiger partial charge on any atom is 0.323 e. The zero-order valence-electron chi connectivity index (χ0n) is 20.2. The third kappa shape index (κ3) is 6.08. The van der Waals surface area contributed by atoms with Gasteiger partial charge in [-0.15, -0.1) is 0 Å². The average molecular weight is 465 g/mol. The summed E-state index contributed by atoms with van der Waals surface area (Å²) in [4.78, 5) is 28.2. The number of benzene rings is 2. The Balaban J connectivity index is 1.50. The normalized spacial score (nSPS) is 18.5.